The number of aliphatic hydroxyl groups excluding tert-OH is 1. The minimum absolute atomic E-state index is 0.0376. The van der Waals surface area contributed by atoms with Crippen LogP contribution in [0.3, 0.4) is 0 Å². The summed E-state index contributed by atoms with van der Waals surface area (Å²) in [7, 11) is 0. The predicted octanol–water partition coefficient (Wildman–Crippen LogP) is 0.913. The van der Waals surface area contributed by atoms with Crippen LogP contribution in [0.5, 0.6) is 5.75 Å². The molecule has 1 amide bonds. The average Bonchev–Trinajstić information content (AvgIpc) is 2.33. The number of carbonyl (C=O) groups is 1. The first-order chi connectivity index (χ1) is 8.78. The summed E-state index contributed by atoms with van der Waals surface area (Å²) >= 11 is 0. The fourth-order valence-electron chi connectivity index (χ4n) is 1.39. The Hall–Kier alpha value is -1.59. The molecule has 4 N–H and O–H groups in total. The maximum atomic E-state index is 10.9. The minimum Gasteiger partial charge on any atom is -0.491 e. The van der Waals surface area contributed by atoms with Crippen molar-refractivity contribution in [1.82, 2.24) is 5.32 Å². The normalized spacial score (nSPS) is 13.1. The Morgan fingerprint density at radius 1 is 1.37 bits per heavy atom. The lowest BCUT2D eigenvalue weighted by Crippen LogP contribution is -2.42. The second-order valence-electron chi connectivity index (χ2n) is 5.48. The highest BCUT2D eigenvalue weighted by atomic mass is 16.5. The van der Waals surface area contributed by atoms with Gasteiger partial charge in [0, 0.05) is 17.6 Å². The number of amides is 1. The molecule has 5 nitrogen and oxygen atoms in total. The quantitative estimate of drug-likeness (QED) is 0.714. The lowest BCUT2D eigenvalue weighted by molar-refractivity contribution is 0.0991. The first-order valence-corrected chi connectivity index (χ1v) is 6.24. The van der Waals surface area contributed by atoms with Crippen molar-refractivity contribution in [3.8, 4) is 5.75 Å². The van der Waals surface area contributed by atoms with E-state index in [1.807, 2.05) is 20.8 Å². The van der Waals surface area contributed by atoms with Crippen molar-refractivity contribution in [3.63, 3.8) is 0 Å². The molecule has 0 aliphatic rings. The number of rotatable bonds is 6. The maximum Gasteiger partial charge on any atom is 0.248 e. The van der Waals surface area contributed by atoms with Crippen LogP contribution in [0.1, 0.15) is 31.1 Å². The zero-order valence-electron chi connectivity index (χ0n) is 11.6. The molecule has 1 aromatic rings. The average molecular weight is 266 g/mol. The molecule has 0 saturated heterocycles. The third-order valence-corrected chi connectivity index (χ3v) is 2.45. The molecule has 106 valence electrons. The van der Waals surface area contributed by atoms with Gasteiger partial charge in [-0.2, -0.15) is 0 Å². The second-order valence-corrected chi connectivity index (χ2v) is 5.48. The lowest BCUT2D eigenvalue weighted by Gasteiger charge is -2.22. The largest absolute Gasteiger partial charge is 0.491 e. The van der Waals surface area contributed by atoms with Crippen molar-refractivity contribution in [2.24, 2.45) is 5.73 Å². The van der Waals surface area contributed by atoms with Crippen molar-refractivity contribution in [3.05, 3.63) is 29.8 Å². The van der Waals surface area contributed by atoms with Gasteiger partial charge in [-0.3, -0.25) is 4.79 Å². The summed E-state index contributed by atoms with van der Waals surface area (Å²) in [4.78, 5) is 10.9. The Morgan fingerprint density at radius 2 is 1.95 bits per heavy atom. The van der Waals surface area contributed by atoms with Gasteiger partial charge in [0.05, 0.1) is 0 Å². The predicted molar refractivity (Wildman–Crippen MR) is 74.2 cm³/mol. The molecule has 19 heavy (non-hydrogen) atoms. The number of hydrogen-bond acceptors (Lipinski definition) is 4. The number of benzene rings is 1. The van der Waals surface area contributed by atoms with E-state index in [0.717, 1.165) is 0 Å². The minimum atomic E-state index is -0.588. The first kappa shape index (κ1) is 15.5. The summed E-state index contributed by atoms with van der Waals surface area (Å²) in [6.07, 6.45) is -0.588. The molecule has 0 aliphatic heterocycles. The summed E-state index contributed by atoms with van der Waals surface area (Å²) in [6, 6.07) is 6.50. The molecular weight excluding hydrogens is 244 g/mol. The molecule has 0 radical (unpaired) electrons. The van der Waals surface area contributed by atoms with E-state index < -0.39 is 12.0 Å². The molecular formula is C14H22N2O3. The molecule has 0 aliphatic carbocycles. The van der Waals surface area contributed by atoms with Gasteiger partial charge >= 0.3 is 0 Å². The summed E-state index contributed by atoms with van der Waals surface area (Å²) in [5.74, 6) is 0.126. The maximum absolute atomic E-state index is 10.9. The van der Waals surface area contributed by atoms with E-state index in [9.17, 15) is 9.90 Å². The van der Waals surface area contributed by atoms with Gasteiger partial charge in [-0.25, -0.2) is 0 Å². The van der Waals surface area contributed by atoms with Crippen molar-refractivity contribution < 1.29 is 14.6 Å². The monoisotopic (exact) mass is 266 g/mol. The Kier molecular flexibility index (Phi) is 5.32. The van der Waals surface area contributed by atoms with E-state index in [-0.39, 0.29) is 12.1 Å². The van der Waals surface area contributed by atoms with Gasteiger partial charge in [-0.15, -0.1) is 0 Å². The number of hydrogen-bond donors (Lipinski definition) is 3. The van der Waals surface area contributed by atoms with Gasteiger partial charge in [0.15, 0.2) is 0 Å². The number of aliphatic hydroxyl groups is 1. The van der Waals surface area contributed by atoms with Gasteiger partial charge < -0.3 is 20.9 Å². The van der Waals surface area contributed by atoms with Crippen LogP contribution in [0.2, 0.25) is 0 Å². The van der Waals surface area contributed by atoms with Gasteiger partial charge in [-0.1, -0.05) is 0 Å². The van der Waals surface area contributed by atoms with Crippen molar-refractivity contribution in [2.75, 3.05) is 13.2 Å². The Morgan fingerprint density at radius 3 is 2.42 bits per heavy atom. The molecule has 0 aromatic heterocycles. The molecule has 1 atom stereocenters. The Balaban J connectivity index is 2.37. The van der Waals surface area contributed by atoms with Gasteiger partial charge in [-0.05, 0) is 45.0 Å². The van der Waals surface area contributed by atoms with E-state index >= 15 is 0 Å². The van der Waals surface area contributed by atoms with Crippen LogP contribution in [0, 0.1) is 0 Å². The first-order valence-electron chi connectivity index (χ1n) is 6.24. The van der Waals surface area contributed by atoms with Crippen LogP contribution in [-0.4, -0.2) is 35.8 Å². The second kappa shape index (κ2) is 6.54. The zero-order chi connectivity index (χ0) is 14.5. The van der Waals surface area contributed by atoms with E-state index in [4.69, 9.17) is 10.5 Å². The van der Waals surface area contributed by atoms with Crippen LogP contribution in [0.4, 0.5) is 0 Å². The highest BCUT2D eigenvalue weighted by Crippen LogP contribution is 2.12. The number of nitrogens with two attached hydrogens (primary N) is 1. The molecule has 0 fully saturated rings. The smallest absolute Gasteiger partial charge is 0.248 e. The van der Waals surface area contributed by atoms with E-state index in [0.29, 0.717) is 17.9 Å². The summed E-state index contributed by atoms with van der Waals surface area (Å²) < 4.78 is 5.43. The van der Waals surface area contributed by atoms with Crippen molar-refractivity contribution in [2.45, 2.75) is 32.4 Å². The van der Waals surface area contributed by atoms with Crippen LogP contribution in [0.15, 0.2) is 24.3 Å². The number of β-amino-alcohol motifs (C(OH)–C–C–N with tert-alkyl or cyclic N) is 1. The Bertz CT molecular complexity index is 410. The van der Waals surface area contributed by atoms with Crippen LogP contribution < -0.4 is 15.8 Å². The Labute approximate surface area is 113 Å². The fraction of sp³-hybridized carbons (Fsp3) is 0.500. The van der Waals surface area contributed by atoms with Gasteiger partial charge in [0.25, 0.3) is 0 Å². The van der Waals surface area contributed by atoms with E-state index in [1.165, 1.54) is 0 Å². The highest BCUT2D eigenvalue weighted by Gasteiger charge is 2.12. The van der Waals surface area contributed by atoms with Crippen molar-refractivity contribution in [1.29, 1.82) is 0 Å². The van der Waals surface area contributed by atoms with Crippen LogP contribution >= 0.6 is 0 Å². The molecule has 0 saturated carbocycles. The standard InChI is InChI=1S/C14H22N2O3/c1-14(2,3)16-8-11(17)9-19-12-6-4-10(5-7-12)13(15)18/h4-7,11,16-17H,8-9H2,1-3H3,(H2,15,18). The zero-order valence-corrected chi connectivity index (χ0v) is 11.6. The van der Waals surface area contributed by atoms with Gasteiger partial charge in [0.1, 0.15) is 18.5 Å². The molecule has 1 aromatic carbocycles. The van der Waals surface area contributed by atoms with Crippen LogP contribution in [-0.2, 0) is 0 Å². The summed E-state index contributed by atoms with van der Waals surface area (Å²) in [5, 5.41) is 12.9. The SMILES string of the molecule is CC(C)(C)NCC(O)COc1ccc(C(N)=O)cc1. The topological polar surface area (TPSA) is 84.6 Å². The third kappa shape index (κ3) is 6.22. The third-order valence-electron chi connectivity index (χ3n) is 2.45. The number of ether oxygens (including phenoxy) is 1. The molecule has 1 unspecified atom stereocenters. The summed E-state index contributed by atoms with van der Waals surface area (Å²) in [6.45, 7) is 6.75. The lowest BCUT2D eigenvalue weighted by atomic mass is 10.1. The fourth-order valence-corrected chi connectivity index (χ4v) is 1.39. The number of carbonyl (C=O) groups excluding carboxylic acids is 1. The number of nitrogens with one attached hydrogen (secondary N) is 1. The highest BCUT2D eigenvalue weighted by molar-refractivity contribution is 5.92. The number of primary amides is 1. The van der Waals surface area contributed by atoms with E-state index in [2.05, 4.69) is 5.32 Å². The molecule has 1 rings (SSSR count). The van der Waals surface area contributed by atoms with E-state index in [1.54, 1.807) is 24.3 Å². The van der Waals surface area contributed by atoms with Crippen molar-refractivity contribution >= 4 is 5.91 Å². The molecule has 0 bridgehead atoms. The molecule has 5 heteroatoms. The van der Waals surface area contributed by atoms with Gasteiger partial charge in [0.2, 0.25) is 5.91 Å². The molecule has 0 spiro atoms. The molecule has 0 heterocycles. The summed E-state index contributed by atoms with van der Waals surface area (Å²) in [5.41, 5.74) is 5.53. The van der Waals surface area contributed by atoms with Crippen LogP contribution in [0.25, 0.3) is 0 Å².